The third kappa shape index (κ3) is 6.50. The van der Waals surface area contributed by atoms with Gasteiger partial charge in [-0.05, 0) is 39.9 Å². The zero-order chi connectivity index (χ0) is 15.0. The monoisotopic (exact) mass is 286 g/mol. The summed E-state index contributed by atoms with van der Waals surface area (Å²) in [4.78, 5) is 7.32. The second kappa shape index (κ2) is 8.95. The molecule has 0 bridgehead atoms. The molecule has 5 nitrogen and oxygen atoms in total. The lowest BCUT2D eigenvalue weighted by molar-refractivity contribution is 0.118. The highest BCUT2D eigenvalue weighted by molar-refractivity contribution is 4.82. The van der Waals surface area contributed by atoms with Crippen molar-refractivity contribution in [3.63, 3.8) is 0 Å². The molecule has 120 valence electrons. The van der Waals surface area contributed by atoms with Crippen LogP contribution in [0.3, 0.4) is 0 Å². The summed E-state index contributed by atoms with van der Waals surface area (Å²) in [5.41, 5.74) is 5.75. The number of nitrogens with two attached hydrogens (primary N) is 1. The molecule has 0 radical (unpaired) electrons. The van der Waals surface area contributed by atoms with E-state index in [2.05, 4.69) is 35.7 Å². The van der Waals surface area contributed by atoms with Gasteiger partial charge < -0.3 is 20.6 Å². The topological polar surface area (TPSA) is 56.0 Å². The van der Waals surface area contributed by atoms with E-state index in [4.69, 9.17) is 5.73 Å². The van der Waals surface area contributed by atoms with Crippen LogP contribution in [0.2, 0.25) is 0 Å². The number of hydrogen-bond donors (Lipinski definition) is 2. The van der Waals surface area contributed by atoms with Crippen LogP contribution in [0.4, 0.5) is 0 Å². The highest BCUT2D eigenvalue weighted by atomic mass is 16.3. The Labute approximate surface area is 124 Å². The van der Waals surface area contributed by atoms with Gasteiger partial charge in [0.1, 0.15) is 0 Å². The number of likely N-dealkylation sites (N-methyl/N-ethyl adjacent to an activating group) is 1. The summed E-state index contributed by atoms with van der Waals surface area (Å²) in [7, 11) is 4.26. The lowest BCUT2D eigenvalue weighted by Crippen LogP contribution is -2.49. The number of aliphatic hydroxyl groups is 1. The molecule has 1 heterocycles. The largest absolute Gasteiger partial charge is 0.394 e. The molecule has 0 amide bonds. The lowest BCUT2D eigenvalue weighted by Gasteiger charge is -2.35. The molecule has 5 heteroatoms. The number of rotatable bonds is 9. The normalized spacial score (nSPS) is 21.3. The average molecular weight is 286 g/mol. The Morgan fingerprint density at radius 1 is 1.10 bits per heavy atom. The fourth-order valence-corrected chi connectivity index (χ4v) is 2.60. The van der Waals surface area contributed by atoms with Crippen LogP contribution in [-0.4, -0.2) is 91.9 Å². The first-order valence-electron chi connectivity index (χ1n) is 7.98. The second-order valence-corrected chi connectivity index (χ2v) is 6.46. The molecule has 1 fully saturated rings. The Balaban J connectivity index is 2.13. The van der Waals surface area contributed by atoms with Crippen molar-refractivity contribution in [2.45, 2.75) is 31.7 Å². The molecular formula is C15H34N4O. The highest BCUT2D eigenvalue weighted by Crippen LogP contribution is 2.14. The second-order valence-electron chi connectivity index (χ2n) is 6.46. The highest BCUT2D eigenvalue weighted by Gasteiger charge is 2.22. The number of nitrogens with zero attached hydrogens (tertiary/aromatic N) is 3. The molecule has 0 aromatic carbocycles. The van der Waals surface area contributed by atoms with E-state index in [9.17, 15) is 5.11 Å². The Bertz CT molecular complexity index is 248. The van der Waals surface area contributed by atoms with Gasteiger partial charge in [-0.25, -0.2) is 0 Å². The van der Waals surface area contributed by atoms with Crippen molar-refractivity contribution in [2.24, 2.45) is 5.73 Å². The maximum Gasteiger partial charge on any atom is 0.0611 e. The van der Waals surface area contributed by atoms with Crippen molar-refractivity contribution >= 4 is 0 Å². The van der Waals surface area contributed by atoms with Crippen LogP contribution in [0.15, 0.2) is 0 Å². The maximum absolute atomic E-state index is 9.31. The van der Waals surface area contributed by atoms with Crippen molar-refractivity contribution < 1.29 is 5.11 Å². The predicted molar refractivity (Wildman–Crippen MR) is 85.0 cm³/mol. The van der Waals surface area contributed by atoms with Crippen molar-refractivity contribution in [2.75, 3.05) is 66.5 Å². The van der Waals surface area contributed by atoms with Gasteiger partial charge in [-0.1, -0.05) is 6.92 Å². The fraction of sp³-hybridized carbons (Fsp3) is 1.00. The van der Waals surface area contributed by atoms with Crippen LogP contribution in [0.5, 0.6) is 0 Å². The third-order valence-electron chi connectivity index (χ3n) is 4.50. The SMILES string of the molecule is CCC(N)(CO)CCCN1CCN(CCN(C)C)CC1. The predicted octanol–water partition coefficient (Wildman–Crippen LogP) is 0.0456. The molecular weight excluding hydrogens is 252 g/mol. The molecule has 1 saturated heterocycles. The van der Waals surface area contributed by atoms with Gasteiger partial charge in [0.05, 0.1) is 6.61 Å². The summed E-state index contributed by atoms with van der Waals surface area (Å²) in [6, 6.07) is 0. The standard InChI is InChI=1S/C15H34N4O/c1-4-15(16,14-20)6-5-7-18-10-12-19(13-11-18)9-8-17(2)3/h20H,4-14,16H2,1-3H3. The summed E-state index contributed by atoms with van der Waals surface area (Å²) in [5.74, 6) is 0. The molecule has 0 aliphatic carbocycles. The van der Waals surface area contributed by atoms with Crippen LogP contribution in [0.25, 0.3) is 0 Å². The van der Waals surface area contributed by atoms with Gasteiger partial charge in [-0.15, -0.1) is 0 Å². The molecule has 20 heavy (non-hydrogen) atoms. The Morgan fingerprint density at radius 2 is 1.65 bits per heavy atom. The minimum Gasteiger partial charge on any atom is -0.394 e. The minimum absolute atomic E-state index is 0.0990. The average Bonchev–Trinajstić information content (AvgIpc) is 2.46. The van der Waals surface area contributed by atoms with Gasteiger partial charge in [-0.2, -0.15) is 0 Å². The van der Waals surface area contributed by atoms with Gasteiger partial charge in [-0.3, -0.25) is 4.90 Å². The first-order chi connectivity index (χ1) is 9.49. The van der Waals surface area contributed by atoms with E-state index in [-0.39, 0.29) is 12.1 Å². The Morgan fingerprint density at radius 3 is 2.10 bits per heavy atom. The van der Waals surface area contributed by atoms with Gasteiger partial charge >= 0.3 is 0 Å². The van der Waals surface area contributed by atoms with E-state index in [1.54, 1.807) is 0 Å². The Hall–Kier alpha value is -0.200. The Kier molecular flexibility index (Phi) is 7.99. The van der Waals surface area contributed by atoms with Gasteiger partial charge in [0, 0.05) is 44.8 Å². The van der Waals surface area contributed by atoms with E-state index in [0.29, 0.717) is 0 Å². The molecule has 0 spiro atoms. The molecule has 0 aromatic heterocycles. The van der Waals surface area contributed by atoms with Crippen LogP contribution in [-0.2, 0) is 0 Å². The molecule has 1 rings (SSSR count). The van der Waals surface area contributed by atoms with Crippen LogP contribution < -0.4 is 5.73 Å². The van der Waals surface area contributed by atoms with Crippen molar-refractivity contribution in [1.82, 2.24) is 14.7 Å². The molecule has 1 aliphatic heterocycles. The van der Waals surface area contributed by atoms with Crippen molar-refractivity contribution in [1.29, 1.82) is 0 Å². The van der Waals surface area contributed by atoms with E-state index in [0.717, 1.165) is 45.4 Å². The lowest BCUT2D eigenvalue weighted by atomic mass is 9.92. The smallest absolute Gasteiger partial charge is 0.0611 e. The fourth-order valence-electron chi connectivity index (χ4n) is 2.60. The molecule has 0 saturated carbocycles. The van der Waals surface area contributed by atoms with Crippen LogP contribution >= 0.6 is 0 Å². The van der Waals surface area contributed by atoms with E-state index < -0.39 is 0 Å². The number of piperazine rings is 1. The van der Waals surface area contributed by atoms with Crippen molar-refractivity contribution in [3.05, 3.63) is 0 Å². The minimum atomic E-state index is -0.368. The maximum atomic E-state index is 9.31. The first-order valence-corrected chi connectivity index (χ1v) is 7.98. The number of hydrogen-bond acceptors (Lipinski definition) is 5. The number of aliphatic hydroxyl groups excluding tert-OH is 1. The van der Waals surface area contributed by atoms with Gasteiger partial charge in [0.15, 0.2) is 0 Å². The summed E-state index contributed by atoms with van der Waals surface area (Å²) >= 11 is 0. The molecule has 0 aromatic rings. The zero-order valence-electron chi connectivity index (χ0n) is 13.6. The van der Waals surface area contributed by atoms with E-state index in [1.165, 1.54) is 19.6 Å². The molecule has 3 N–H and O–H groups in total. The van der Waals surface area contributed by atoms with E-state index >= 15 is 0 Å². The molecule has 1 unspecified atom stereocenters. The van der Waals surface area contributed by atoms with Gasteiger partial charge in [0.25, 0.3) is 0 Å². The van der Waals surface area contributed by atoms with Crippen LogP contribution in [0, 0.1) is 0 Å². The van der Waals surface area contributed by atoms with Gasteiger partial charge in [0.2, 0.25) is 0 Å². The third-order valence-corrected chi connectivity index (χ3v) is 4.50. The van der Waals surface area contributed by atoms with Crippen molar-refractivity contribution in [3.8, 4) is 0 Å². The quantitative estimate of drug-likeness (QED) is 0.627. The van der Waals surface area contributed by atoms with Crippen LogP contribution in [0.1, 0.15) is 26.2 Å². The molecule has 1 atom stereocenters. The summed E-state index contributed by atoms with van der Waals surface area (Å²) < 4.78 is 0. The first kappa shape index (κ1) is 17.9. The zero-order valence-corrected chi connectivity index (χ0v) is 13.6. The van der Waals surface area contributed by atoms with E-state index in [1.807, 2.05) is 0 Å². The summed E-state index contributed by atoms with van der Waals surface area (Å²) in [6.07, 6.45) is 2.85. The molecule has 1 aliphatic rings. The summed E-state index contributed by atoms with van der Waals surface area (Å²) in [6.45, 7) is 10.3. The summed E-state index contributed by atoms with van der Waals surface area (Å²) in [5, 5.41) is 9.31.